The minimum Gasteiger partial charge on any atom is -0.317 e. The molecule has 0 saturated carbocycles. The Labute approximate surface area is 127 Å². The first kappa shape index (κ1) is 17.5. The fourth-order valence-corrected chi connectivity index (χ4v) is 2.48. The first-order chi connectivity index (χ1) is 9.35. The summed E-state index contributed by atoms with van der Waals surface area (Å²) in [6.45, 7) is 10.7. The second-order valence-electron chi connectivity index (χ2n) is 6.36. The Balaban J connectivity index is 2.51. The SMILES string of the molecule is CCCNCCC(C)(C)CCc1cc(C)c(F)cc1Cl. The molecule has 0 aliphatic carbocycles. The zero-order valence-corrected chi connectivity index (χ0v) is 13.9. The molecule has 0 fully saturated rings. The molecule has 1 aromatic carbocycles. The van der Waals surface area contributed by atoms with Crippen molar-refractivity contribution in [3.8, 4) is 0 Å². The summed E-state index contributed by atoms with van der Waals surface area (Å²) in [4.78, 5) is 0. The summed E-state index contributed by atoms with van der Waals surface area (Å²) >= 11 is 6.12. The summed E-state index contributed by atoms with van der Waals surface area (Å²) in [6.07, 6.45) is 4.28. The number of hydrogen-bond acceptors (Lipinski definition) is 1. The summed E-state index contributed by atoms with van der Waals surface area (Å²) in [6, 6.07) is 3.31. The second kappa shape index (κ2) is 7.99. The molecule has 1 rings (SSSR count). The molecule has 20 heavy (non-hydrogen) atoms. The minimum atomic E-state index is -0.221. The lowest BCUT2D eigenvalue weighted by Crippen LogP contribution is -2.23. The molecular weight excluding hydrogens is 273 g/mol. The van der Waals surface area contributed by atoms with Gasteiger partial charge in [0.1, 0.15) is 5.82 Å². The highest BCUT2D eigenvalue weighted by molar-refractivity contribution is 6.31. The van der Waals surface area contributed by atoms with E-state index in [2.05, 4.69) is 26.1 Å². The third-order valence-corrected chi connectivity index (χ3v) is 4.16. The molecule has 0 unspecified atom stereocenters. The average Bonchev–Trinajstić information content (AvgIpc) is 2.37. The van der Waals surface area contributed by atoms with Crippen molar-refractivity contribution in [3.05, 3.63) is 34.1 Å². The molecule has 3 heteroatoms. The number of nitrogens with one attached hydrogen (secondary N) is 1. The van der Waals surface area contributed by atoms with Gasteiger partial charge in [0.05, 0.1) is 0 Å². The summed E-state index contributed by atoms with van der Waals surface area (Å²) < 4.78 is 13.4. The molecule has 1 N–H and O–H groups in total. The molecule has 0 atom stereocenters. The Morgan fingerprint density at radius 2 is 1.90 bits per heavy atom. The van der Waals surface area contributed by atoms with Crippen molar-refractivity contribution in [3.63, 3.8) is 0 Å². The van der Waals surface area contributed by atoms with Crippen LogP contribution >= 0.6 is 11.6 Å². The maximum atomic E-state index is 13.4. The molecule has 0 amide bonds. The standard InChI is InChI=1S/C17H27ClFN/c1-5-9-20-10-8-17(3,4)7-6-14-11-13(2)16(19)12-15(14)18/h11-12,20H,5-10H2,1-4H3. The molecule has 0 radical (unpaired) electrons. The molecule has 0 aromatic heterocycles. The smallest absolute Gasteiger partial charge is 0.127 e. The molecule has 114 valence electrons. The van der Waals surface area contributed by atoms with Gasteiger partial charge in [0.25, 0.3) is 0 Å². The maximum absolute atomic E-state index is 13.4. The van der Waals surface area contributed by atoms with E-state index in [1.807, 2.05) is 6.07 Å². The van der Waals surface area contributed by atoms with Crippen LogP contribution in [0.25, 0.3) is 0 Å². The van der Waals surface area contributed by atoms with Crippen molar-refractivity contribution in [2.45, 2.75) is 53.4 Å². The van der Waals surface area contributed by atoms with Gasteiger partial charge in [-0.05, 0) is 68.3 Å². The molecule has 0 heterocycles. The van der Waals surface area contributed by atoms with E-state index < -0.39 is 0 Å². The van der Waals surface area contributed by atoms with Gasteiger partial charge in [-0.25, -0.2) is 4.39 Å². The van der Waals surface area contributed by atoms with Crippen molar-refractivity contribution < 1.29 is 4.39 Å². The fourth-order valence-electron chi connectivity index (χ4n) is 2.24. The zero-order chi connectivity index (χ0) is 15.2. The average molecular weight is 300 g/mol. The Morgan fingerprint density at radius 1 is 1.20 bits per heavy atom. The Kier molecular flexibility index (Phi) is 6.97. The summed E-state index contributed by atoms with van der Waals surface area (Å²) in [5.74, 6) is -0.221. The van der Waals surface area contributed by atoms with E-state index in [0.717, 1.165) is 37.9 Å². The van der Waals surface area contributed by atoms with Crippen LogP contribution in [0, 0.1) is 18.2 Å². The van der Waals surface area contributed by atoms with Gasteiger partial charge < -0.3 is 5.32 Å². The van der Waals surface area contributed by atoms with Gasteiger partial charge >= 0.3 is 0 Å². The van der Waals surface area contributed by atoms with Crippen LogP contribution in [0.4, 0.5) is 4.39 Å². The number of hydrogen-bond donors (Lipinski definition) is 1. The zero-order valence-electron chi connectivity index (χ0n) is 13.2. The lowest BCUT2D eigenvalue weighted by atomic mass is 9.83. The predicted octanol–water partition coefficient (Wildman–Crippen LogP) is 5.14. The molecule has 0 saturated heterocycles. The quantitative estimate of drug-likeness (QED) is 0.656. The second-order valence-corrected chi connectivity index (χ2v) is 6.76. The van der Waals surface area contributed by atoms with Crippen molar-refractivity contribution in [2.24, 2.45) is 5.41 Å². The maximum Gasteiger partial charge on any atom is 0.127 e. The Hall–Kier alpha value is -0.600. The fraction of sp³-hybridized carbons (Fsp3) is 0.647. The van der Waals surface area contributed by atoms with E-state index in [1.165, 1.54) is 12.5 Å². The highest BCUT2D eigenvalue weighted by Gasteiger charge is 2.18. The number of rotatable bonds is 8. The minimum absolute atomic E-state index is 0.221. The predicted molar refractivity (Wildman–Crippen MR) is 86.0 cm³/mol. The van der Waals surface area contributed by atoms with E-state index >= 15 is 0 Å². The van der Waals surface area contributed by atoms with Crippen LogP contribution in [-0.4, -0.2) is 13.1 Å². The van der Waals surface area contributed by atoms with E-state index in [4.69, 9.17) is 11.6 Å². The van der Waals surface area contributed by atoms with E-state index in [9.17, 15) is 4.39 Å². The molecule has 0 aliphatic rings. The van der Waals surface area contributed by atoms with Gasteiger partial charge in [-0.2, -0.15) is 0 Å². The normalized spacial score (nSPS) is 11.9. The van der Waals surface area contributed by atoms with Gasteiger partial charge in [0, 0.05) is 5.02 Å². The highest BCUT2D eigenvalue weighted by atomic mass is 35.5. The third-order valence-electron chi connectivity index (χ3n) is 3.80. The van der Waals surface area contributed by atoms with Crippen LogP contribution < -0.4 is 5.32 Å². The van der Waals surface area contributed by atoms with Gasteiger partial charge in [0.2, 0.25) is 0 Å². The summed E-state index contributed by atoms with van der Waals surface area (Å²) in [5, 5.41) is 3.99. The number of benzene rings is 1. The lowest BCUT2D eigenvalue weighted by Gasteiger charge is -2.25. The van der Waals surface area contributed by atoms with Crippen LogP contribution in [-0.2, 0) is 6.42 Å². The third kappa shape index (κ3) is 5.80. The van der Waals surface area contributed by atoms with Gasteiger partial charge in [-0.1, -0.05) is 38.4 Å². The van der Waals surface area contributed by atoms with Gasteiger partial charge in [0.15, 0.2) is 0 Å². The van der Waals surface area contributed by atoms with E-state index in [1.54, 1.807) is 6.92 Å². The summed E-state index contributed by atoms with van der Waals surface area (Å²) in [7, 11) is 0. The van der Waals surface area contributed by atoms with Crippen molar-refractivity contribution in [2.75, 3.05) is 13.1 Å². The molecule has 0 spiro atoms. The van der Waals surface area contributed by atoms with Gasteiger partial charge in [-0.3, -0.25) is 0 Å². The van der Waals surface area contributed by atoms with E-state index in [-0.39, 0.29) is 11.2 Å². The number of aryl methyl sites for hydroxylation is 2. The van der Waals surface area contributed by atoms with Crippen LogP contribution in [0.15, 0.2) is 12.1 Å². The molecule has 0 aliphatic heterocycles. The van der Waals surface area contributed by atoms with Crippen LogP contribution in [0.3, 0.4) is 0 Å². The van der Waals surface area contributed by atoms with Crippen molar-refractivity contribution >= 4 is 11.6 Å². The van der Waals surface area contributed by atoms with E-state index in [0.29, 0.717) is 10.6 Å². The topological polar surface area (TPSA) is 12.0 Å². The van der Waals surface area contributed by atoms with Gasteiger partial charge in [-0.15, -0.1) is 0 Å². The Bertz CT molecular complexity index is 429. The Morgan fingerprint density at radius 3 is 2.55 bits per heavy atom. The molecule has 0 bridgehead atoms. The lowest BCUT2D eigenvalue weighted by molar-refractivity contribution is 0.302. The molecular formula is C17H27ClFN. The monoisotopic (exact) mass is 299 g/mol. The van der Waals surface area contributed by atoms with Crippen LogP contribution in [0.1, 0.15) is 51.2 Å². The van der Waals surface area contributed by atoms with Crippen molar-refractivity contribution in [1.29, 1.82) is 0 Å². The first-order valence-corrected chi connectivity index (χ1v) is 7.89. The summed E-state index contributed by atoms with van der Waals surface area (Å²) in [5.41, 5.74) is 2.00. The molecule has 1 aromatic rings. The van der Waals surface area contributed by atoms with Crippen LogP contribution in [0.2, 0.25) is 5.02 Å². The first-order valence-electron chi connectivity index (χ1n) is 7.51. The van der Waals surface area contributed by atoms with Crippen LogP contribution in [0.5, 0.6) is 0 Å². The van der Waals surface area contributed by atoms with Crippen molar-refractivity contribution in [1.82, 2.24) is 5.32 Å². The number of halogens is 2. The highest BCUT2D eigenvalue weighted by Crippen LogP contribution is 2.29. The largest absolute Gasteiger partial charge is 0.317 e. The molecule has 1 nitrogen and oxygen atoms in total.